The molecule has 0 radical (unpaired) electrons. The van der Waals surface area contributed by atoms with Crippen molar-refractivity contribution in [1.82, 2.24) is 9.21 Å². The van der Waals surface area contributed by atoms with E-state index >= 15 is 0 Å². The Morgan fingerprint density at radius 2 is 1.88 bits per heavy atom. The highest BCUT2D eigenvalue weighted by Gasteiger charge is 2.33. The fourth-order valence-corrected chi connectivity index (χ4v) is 4.56. The first-order valence-corrected chi connectivity index (χ1v) is 10.6. The third-order valence-corrected chi connectivity index (χ3v) is 6.27. The van der Waals surface area contributed by atoms with Gasteiger partial charge in [-0.05, 0) is 46.1 Å². The number of nitrogens with zero attached hydrogens (tertiary/aromatic N) is 2. The van der Waals surface area contributed by atoms with Crippen LogP contribution in [0, 0.1) is 6.92 Å². The third-order valence-electron chi connectivity index (χ3n) is 4.45. The molecule has 1 aliphatic rings. The molecule has 1 aromatic rings. The monoisotopic (exact) mass is 382 g/mol. The van der Waals surface area contributed by atoms with Gasteiger partial charge in [-0.1, -0.05) is 29.8 Å². The van der Waals surface area contributed by atoms with Crippen molar-refractivity contribution in [2.75, 3.05) is 20.1 Å². The number of ether oxygens (including phenoxy) is 1. The fourth-order valence-electron chi connectivity index (χ4n) is 2.96. The summed E-state index contributed by atoms with van der Waals surface area (Å²) >= 11 is 0. The Bertz CT molecular complexity index is 723. The molecule has 1 heterocycles. The van der Waals surface area contributed by atoms with Gasteiger partial charge in [0.2, 0.25) is 10.0 Å². The molecule has 0 spiro atoms. The highest BCUT2D eigenvalue weighted by atomic mass is 32.2. The maximum Gasteiger partial charge on any atom is 0.410 e. The molecule has 0 aromatic heterocycles. The van der Waals surface area contributed by atoms with Crippen molar-refractivity contribution in [2.24, 2.45) is 0 Å². The van der Waals surface area contributed by atoms with Crippen LogP contribution in [-0.4, -0.2) is 55.5 Å². The van der Waals surface area contributed by atoms with E-state index in [9.17, 15) is 13.2 Å². The van der Waals surface area contributed by atoms with Gasteiger partial charge in [0.05, 0.1) is 5.75 Å². The summed E-state index contributed by atoms with van der Waals surface area (Å²) in [6, 6.07) is 7.36. The van der Waals surface area contributed by atoms with Gasteiger partial charge in [-0.2, -0.15) is 4.31 Å². The van der Waals surface area contributed by atoms with E-state index in [0.29, 0.717) is 13.1 Å². The normalized spacial score (nSPS) is 19.2. The topological polar surface area (TPSA) is 66.9 Å². The number of amides is 1. The number of hydrogen-bond donors (Lipinski definition) is 0. The molecule has 146 valence electrons. The number of piperidine rings is 1. The average Bonchev–Trinajstić information content (AvgIpc) is 2.54. The van der Waals surface area contributed by atoms with E-state index in [-0.39, 0.29) is 11.8 Å². The number of benzene rings is 1. The van der Waals surface area contributed by atoms with Crippen molar-refractivity contribution in [1.29, 1.82) is 0 Å². The van der Waals surface area contributed by atoms with Crippen molar-refractivity contribution in [2.45, 2.75) is 57.9 Å². The molecule has 26 heavy (non-hydrogen) atoms. The van der Waals surface area contributed by atoms with E-state index in [1.165, 1.54) is 9.21 Å². The largest absolute Gasteiger partial charge is 0.444 e. The molecule has 2 rings (SSSR count). The van der Waals surface area contributed by atoms with Crippen molar-refractivity contribution >= 4 is 16.1 Å². The molecule has 1 amide bonds. The van der Waals surface area contributed by atoms with Crippen LogP contribution in [0.4, 0.5) is 4.79 Å². The maximum absolute atomic E-state index is 12.8. The van der Waals surface area contributed by atoms with Gasteiger partial charge in [-0.3, -0.25) is 0 Å². The lowest BCUT2D eigenvalue weighted by atomic mass is 10.1. The van der Waals surface area contributed by atoms with Gasteiger partial charge in [0.15, 0.2) is 0 Å². The molecule has 1 atom stereocenters. The van der Waals surface area contributed by atoms with Gasteiger partial charge in [0.25, 0.3) is 0 Å². The van der Waals surface area contributed by atoms with Crippen LogP contribution in [0.15, 0.2) is 24.3 Å². The zero-order valence-corrected chi connectivity index (χ0v) is 17.2. The van der Waals surface area contributed by atoms with Gasteiger partial charge in [-0.25, -0.2) is 13.2 Å². The molecule has 6 nitrogen and oxygen atoms in total. The van der Waals surface area contributed by atoms with Crippen LogP contribution in [0.25, 0.3) is 0 Å². The summed E-state index contributed by atoms with van der Waals surface area (Å²) in [7, 11) is -1.75. The SMILES string of the molecule is Cc1ccc(CS(=O)(=O)N2CCC[C@@H](N(C)C(=O)OC(C)(C)C)C2)cc1. The number of carbonyl (C=O) groups excluding carboxylic acids is 1. The molecule has 1 aromatic carbocycles. The highest BCUT2D eigenvalue weighted by molar-refractivity contribution is 7.88. The van der Waals surface area contributed by atoms with Crippen LogP contribution in [0.1, 0.15) is 44.7 Å². The Labute approximate surface area is 157 Å². The quantitative estimate of drug-likeness (QED) is 0.802. The molecule has 0 unspecified atom stereocenters. The molecule has 1 aliphatic heterocycles. The van der Waals surface area contributed by atoms with E-state index in [2.05, 4.69) is 0 Å². The lowest BCUT2D eigenvalue weighted by molar-refractivity contribution is 0.0173. The molecular weight excluding hydrogens is 352 g/mol. The predicted molar refractivity (Wildman–Crippen MR) is 102 cm³/mol. The smallest absolute Gasteiger partial charge is 0.410 e. The predicted octanol–water partition coefficient (Wildman–Crippen LogP) is 3.16. The van der Waals surface area contributed by atoms with Gasteiger partial charge < -0.3 is 9.64 Å². The Morgan fingerprint density at radius 1 is 1.27 bits per heavy atom. The Kier molecular flexibility index (Phi) is 6.34. The van der Waals surface area contributed by atoms with Crippen molar-refractivity contribution in [3.05, 3.63) is 35.4 Å². The average molecular weight is 383 g/mol. The summed E-state index contributed by atoms with van der Waals surface area (Å²) in [6.45, 7) is 8.23. The van der Waals surface area contributed by atoms with Crippen molar-refractivity contribution < 1.29 is 17.9 Å². The standard InChI is InChI=1S/C19H30N2O4S/c1-15-8-10-16(11-9-15)14-26(23,24)21-12-6-7-17(13-21)20(5)18(22)25-19(2,3)4/h8-11,17H,6-7,12-14H2,1-5H3/t17-/m1/s1. The van der Waals surface area contributed by atoms with Crippen LogP contribution in [0.2, 0.25) is 0 Å². The van der Waals surface area contributed by atoms with E-state index in [0.717, 1.165) is 24.0 Å². The Balaban J connectivity index is 2.04. The summed E-state index contributed by atoms with van der Waals surface area (Å²) in [5.41, 5.74) is 1.30. The van der Waals surface area contributed by atoms with Crippen molar-refractivity contribution in [3.63, 3.8) is 0 Å². The minimum absolute atomic E-state index is 0.0177. The summed E-state index contributed by atoms with van der Waals surface area (Å²) in [6.07, 6.45) is 1.08. The number of likely N-dealkylation sites (N-methyl/N-ethyl adjacent to an activating group) is 1. The summed E-state index contributed by atoms with van der Waals surface area (Å²) in [5, 5.41) is 0. The van der Waals surface area contributed by atoms with Crippen LogP contribution in [0.5, 0.6) is 0 Å². The van der Waals surface area contributed by atoms with Gasteiger partial charge in [0.1, 0.15) is 5.60 Å². The van der Waals surface area contributed by atoms with Gasteiger partial charge >= 0.3 is 6.09 Å². The number of hydrogen-bond acceptors (Lipinski definition) is 4. The molecule has 0 bridgehead atoms. The van der Waals surface area contributed by atoms with E-state index in [1.807, 2.05) is 52.0 Å². The van der Waals surface area contributed by atoms with Gasteiger partial charge in [0, 0.05) is 26.2 Å². The minimum Gasteiger partial charge on any atom is -0.444 e. The Hall–Kier alpha value is -1.60. The minimum atomic E-state index is -3.42. The number of rotatable bonds is 4. The Morgan fingerprint density at radius 3 is 2.46 bits per heavy atom. The van der Waals surface area contributed by atoms with E-state index < -0.39 is 21.7 Å². The molecule has 7 heteroatoms. The van der Waals surface area contributed by atoms with Crippen LogP contribution in [0.3, 0.4) is 0 Å². The first-order chi connectivity index (χ1) is 12.0. The first-order valence-electron chi connectivity index (χ1n) is 8.97. The molecule has 0 saturated carbocycles. The number of sulfonamides is 1. The molecular formula is C19H30N2O4S. The molecule has 1 saturated heterocycles. The van der Waals surface area contributed by atoms with E-state index in [1.54, 1.807) is 7.05 Å². The third kappa shape index (κ3) is 5.71. The lowest BCUT2D eigenvalue weighted by Crippen LogP contribution is -2.51. The van der Waals surface area contributed by atoms with Crippen LogP contribution < -0.4 is 0 Å². The molecule has 1 fully saturated rings. The lowest BCUT2D eigenvalue weighted by Gasteiger charge is -2.37. The maximum atomic E-state index is 12.8. The second-order valence-electron chi connectivity index (χ2n) is 7.99. The summed E-state index contributed by atoms with van der Waals surface area (Å²) in [5.74, 6) is -0.0177. The fraction of sp³-hybridized carbons (Fsp3) is 0.632. The number of carbonyl (C=O) groups is 1. The van der Waals surface area contributed by atoms with Crippen molar-refractivity contribution in [3.8, 4) is 0 Å². The second-order valence-corrected chi connectivity index (χ2v) is 9.96. The summed E-state index contributed by atoms with van der Waals surface area (Å²) < 4.78 is 32.5. The summed E-state index contributed by atoms with van der Waals surface area (Å²) in [4.78, 5) is 13.8. The molecule has 0 N–H and O–H groups in total. The van der Waals surface area contributed by atoms with Crippen LogP contribution in [-0.2, 0) is 20.5 Å². The van der Waals surface area contributed by atoms with E-state index in [4.69, 9.17) is 4.74 Å². The molecule has 0 aliphatic carbocycles. The zero-order chi connectivity index (χ0) is 19.5. The highest BCUT2D eigenvalue weighted by Crippen LogP contribution is 2.22. The van der Waals surface area contributed by atoms with Crippen LogP contribution >= 0.6 is 0 Å². The first kappa shape index (κ1) is 20.7. The second kappa shape index (κ2) is 7.96. The number of aryl methyl sites for hydroxylation is 1. The zero-order valence-electron chi connectivity index (χ0n) is 16.4. The van der Waals surface area contributed by atoms with Gasteiger partial charge in [-0.15, -0.1) is 0 Å².